The maximum atomic E-state index is 12.2. The minimum atomic E-state index is -0.805. The lowest BCUT2D eigenvalue weighted by Gasteiger charge is -2.37. The second kappa shape index (κ2) is 6.43. The number of carbonyl (C=O) groups excluding carboxylic acids is 3. The predicted octanol–water partition coefficient (Wildman–Crippen LogP) is -0.0479. The van der Waals surface area contributed by atoms with E-state index in [1.165, 1.54) is 0 Å². The van der Waals surface area contributed by atoms with E-state index in [9.17, 15) is 14.4 Å². The number of rotatable bonds is 5. The highest BCUT2D eigenvalue weighted by molar-refractivity contribution is 6.07. The normalized spacial score (nSPS) is 22.1. The summed E-state index contributed by atoms with van der Waals surface area (Å²) in [5.41, 5.74) is 4.70. The number of carbonyl (C=O) groups is 3. The molecule has 2 aliphatic rings. The van der Waals surface area contributed by atoms with Gasteiger partial charge in [-0.2, -0.15) is 0 Å². The largest absolute Gasteiger partial charge is 0.342 e. The average Bonchev–Trinajstić information content (AvgIpc) is 2.71. The molecule has 2 saturated heterocycles. The third-order valence-corrected chi connectivity index (χ3v) is 4.49. The highest BCUT2D eigenvalue weighted by Crippen LogP contribution is 2.26. The van der Waals surface area contributed by atoms with Crippen molar-refractivity contribution in [2.45, 2.75) is 44.6 Å². The molecule has 118 valence electrons. The van der Waals surface area contributed by atoms with Gasteiger partial charge in [-0.25, -0.2) is 4.79 Å². The highest BCUT2D eigenvalue weighted by atomic mass is 16.2. The fourth-order valence-corrected chi connectivity index (χ4v) is 2.97. The molecule has 0 saturated carbocycles. The van der Waals surface area contributed by atoms with Crippen LogP contribution in [-0.2, 0) is 9.59 Å². The summed E-state index contributed by atoms with van der Waals surface area (Å²) in [5, 5.41) is 4.97. The molecular weight excluding hydrogens is 272 g/mol. The van der Waals surface area contributed by atoms with Crippen molar-refractivity contribution in [3.63, 3.8) is 0 Å². The quantitative estimate of drug-likeness (QED) is 0.619. The van der Waals surface area contributed by atoms with E-state index < -0.39 is 11.6 Å². The van der Waals surface area contributed by atoms with Crippen LogP contribution in [0.5, 0.6) is 0 Å². The smallest absolute Gasteiger partial charge is 0.322 e. The summed E-state index contributed by atoms with van der Waals surface area (Å²) in [7, 11) is 0. The maximum Gasteiger partial charge on any atom is 0.322 e. The average molecular weight is 296 g/mol. The molecule has 0 bridgehead atoms. The van der Waals surface area contributed by atoms with Crippen molar-refractivity contribution in [3.8, 4) is 0 Å². The zero-order valence-electron chi connectivity index (χ0n) is 12.5. The van der Waals surface area contributed by atoms with Gasteiger partial charge in [-0.15, -0.1) is 0 Å². The summed E-state index contributed by atoms with van der Waals surface area (Å²) in [4.78, 5) is 37.0. The van der Waals surface area contributed by atoms with E-state index in [1.54, 1.807) is 4.90 Å². The minimum Gasteiger partial charge on any atom is -0.342 e. The summed E-state index contributed by atoms with van der Waals surface area (Å²) >= 11 is 0. The summed E-state index contributed by atoms with van der Waals surface area (Å²) in [5.74, 6) is 0.310. The lowest BCUT2D eigenvalue weighted by molar-refractivity contribution is -0.136. The van der Waals surface area contributed by atoms with E-state index in [4.69, 9.17) is 5.73 Å². The van der Waals surface area contributed by atoms with Gasteiger partial charge in [0.05, 0.1) is 0 Å². The number of nitrogens with one attached hydrogen (secondary N) is 2. The van der Waals surface area contributed by atoms with Crippen LogP contribution in [0.25, 0.3) is 0 Å². The van der Waals surface area contributed by atoms with Gasteiger partial charge in [0.2, 0.25) is 5.91 Å². The number of nitrogens with zero attached hydrogens (tertiary/aromatic N) is 1. The molecule has 21 heavy (non-hydrogen) atoms. The third kappa shape index (κ3) is 3.53. The van der Waals surface area contributed by atoms with Gasteiger partial charge in [0, 0.05) is 19.5 Å². The summed E-state index contributed by atoms with van der Waals surface area (Å²) in [6.45, 7) is 3.77. The van der Waals surface area contributed by atoms with Crippen LogP contribution in [0, 0.1) is 5.92 Å². The van der Waals surface area contributed by atoms with Gasteiger partial charge >= 0.3 is 6.03 Å². The zero-order chi connectivity index (χ0) is 15.5. The lowest BCUT2D eigenvalue weighted by Crippen LogP contribution is -2.55. The Morgan fingerprint density at radius 2 is 2.00 bits per heavy atom. The molecule has 2 rings (SSSR count). The number of amides is 4. The van der Waals surface area contributed by atoms with Crippen molar-refractivity contribution in [1.82, 2.24) is 15.5 Å². The van der Waals surface area contributed by atoms with Gasteiger partial charge < -0.3 is 16.0 Å². The van der Waals surface area contributed by atoms with Crippen molar-refractivity contribution < 1.29 is 14.4 Å². The van der Waals surface area contributed by atoms with E-state index in [-0.39, 0.29) is 11.8 Å². The van der Waals surface area contributed by atoms with Gasteiger partial charge in [0.15, 0.2) is 0 Å². The van der Waals surface area contributed by atoms with Gasteiger partial charge in [-0.3, -0.25) is 14.9 Å². The van der Waals surface area contributed by atoms with Gasteiger partial charge in [0.25, 0.3) is 5.91 Å². The molecule has 1 atom stereocenters. The molecular formula is C14H24N4O3. The second-order valence-electron chi connectivity index (χ2n) is 6.09. The summed E-state index contributed by atoms with van der Waals surface area (Å²) < 4.78 is 0. The Kier molecular flexibility index (Phi) is 4.82. The van der Waals surface area contributed by atoms with Crippen molar-refractivity contribution in [3.05, 3.63) is 0 Å². The molecule has 4 amide bonds. The molecule has 7 nitrogen and oxygen atoms in total. The molecule has 2 heterocycles. The number of likely N-dealkylation sites (tertiary alicyclic amines) is 1. The predicted molar refractivity (Wildman–Crippen MR) is 77.3 cm³/mol. The first kappa shape index (κ1) is 15.8. The van der Waals surface area contributed by atoms with E-state index in [1.807, 2.05) is 0 Å². The van der Waals surface area contributed by atoms with Crippen LogP contribution in [-0.4, -0.2) is 47.9 Å². The monoisotopic (exact) mass is 296 g/mol. The van der Waals surface area contributed by atoms with E-state index in [0.29, 0.717) is 44.8 Å². The van der Waals surface area contributed by atoms with Crippen LogP contribution in [0.1, 0.15) is 39.0 Å². The summed E-state index contributed by atoms with van der Waals surface area (Å²) in [6, 6.07) is -0.435. The standard InChI is InChI=1S/C14H24N4O3/c1-10(4-7-15)2-3-11(19)18-8-5-14(6-9-18)12(20)16-13(21)17-14/h10H,2-9,15H2,1H3,(H2,16,17,20,21). The van der Waals surface area contributed by atoms with Crippen LogP contribution < -0.4 is 16.4 Å². The Labute approximate surface area is 124 Å². The van der Waals surface area contributed by atoms with Crippen molar-refractivity contribution >= 4 is 17.8 Å². The van der Waals surface area contributed by atoms with Crippen LogP contribution in [0.15, 0.2) is 0 Å². The molecule has 2 aliphatic heterocycles. The molecule has 1 spiro atoms. The number of piperidine rings is 1. The Balaban J connectivity index is 1.80. The first-order valence-corrected chi connectivity index (χ1v) is 7.58. The Morgan fingerprint density at radius 1 is 1.33 bits per heavy atom. The Morgan fingerprint density at radius 3 is 2.52 bits per heavy atom. The minimum absolute atomic E-state index is 0.124. The maximum absolute atomic E-state index is 12.2. The molecule has 2 fully saturated rings. The third-order valence-electron chi connectivity index (χ3n) is 4.49. The van der Waals surface area contributed by atoms with Crippen LogP contribution in [0.3, 0.4) is 0 Å². The second-order valence-corrected chi connectivity index (χ2v) is 6.09. The van der Waals surface area contributed by atoms with Crippen molar-refractivity contribution in [2.75, 3.05) is 19.6 Å². The van der Waals surface area contributed by atoms with Crippen molar-refractivity contribution in [1.29, 1.82) is 0 Å². The van der Waals surface area contributed by atoms with E-state index in [0.717, 1.165) is 12.8 Å². The number of hydrogen-bond donors (Lipinski definition) is 3. The van der Waals surface area contributed by atoms with Crippen molar-refractivity contribution in [2.24, 2.45) is 11.7 Å². The van der Waals surface area contributed by atoms with E-state index >= 15 is 0 Å². The number of urea groups is 1. The van der Waals surface area contributed by atoms with Gasteiger partial charge in [-0.1, -0.05) is 6.92 Å². The van der Waals surface area contributed by atoms with E-state index in [2.05, 4.69) is 17.6 Å². The lowest BCUT2D eigenvalue weighted by atomic mass is 9.87. The molecule has 0 aliphatic carbocycles. The SMILES string of the molecule is CC(CCN)CCC(=O)N1CCC2(CC1)NC(=O)NC2=O. The summed E-state index contributed by atoms with van der Waals surface area (Å²) in [6.07, 6.45) is 3.26. The first-order valence-electron chi connectivity index (χ1n) is 7.58. The Hall–Kier alpha value is -1.63. The number of nitrogens with two attached hydrogens (primary N) is 1. The highest BCUT2D eigenvalue weighted by Gasteiger charge is 2.48. The molecule has 0 aromatic rings. The molecule has 0 aromatic carbocycles. The first-order chi connectivity index (χ1) is 9.97. The Bertz CT molecular complexity index is 430. The van der Waals surface area contributed by atoms with Gasteiger partial charge in [0.1, 0.15) is 5.54 Å². The zero-order valence-corrected chi connectivity index (χ0v) is 12.5. The van der Waals surface area contributed by atoms with Crippen LogP contribution in [0.2, 0.25) is 0 Å². The fourth-order valence-electron chi connectivity index (χ4n) is 2.97. The van der Waals surface area contributed by atoms with Crippen LogP contribution in [0.4, 0.5) is 4.79 Å². The van der Waals surface area contributed by atoms with Crippen LogP contribution >= 0.6 is 0 Å². The topological polar surface area (TPSA) is 105 Å². The molecule has 1 unspecified atom stereocenters. The number of hydrogen-bond acceptors (Lipinski definition) is 4. The molecule has 0 radical (unpaired) electrons. The molecule has 7 heteroatoms. The fraction of sp³-hybridized carbons (Fsp3) is 0.786. The molecule has 0 aromatic heterocycles. The van der Waals surface area contributed by atoms with Gasteiger partial charge in [-0.05, 0) is 38.1 Å². The number of imide groups is 1. The molecule has 4 N–H and O–H groups in total.